The number of fused-ring (bicyclic) bond motifs is 1. The number of rotatable bonds is 6. The summed E-state index contributed by atoms with van der Waals surface area (Å²) >= 11 is 0. The molecule has 0 unspecified atom stereocenters. The number of nitrogens with zero attached hydrogens (tertiary/aromatic N) is 1. The molecule has 0 spiro atoms. The van der Waals surface area contributed by atoms with E-state index < -0.39 is 0 Å². The molecule has 1 saturated heterocycles. The molecular weight excluding hydrogens is 364 g/mol. The normalized spacial score (nSPS) is 15.0. The van der Waals surface area contributed by atoms with Gasteiger partial charge >= 0.3 is 5.63 Å². The van der Waals surface area contributed by atoms with Gasteiger partial charge in [0.15, 0.2) is 0 Å². The minimum atomic E-state index is -0.319. The van der Waals surface area contributed by atoms with Gasteiger partial charge in [-0.05, 0) is 43.2 Å². The van der Waals surface area contributed by atoms with Crippen molar-refractivity contribution in [3.63, 3.8) is 0 Å². The number of anilines is 1. The highest BCUT2D eigenvalue weighted by Crippen LogP contribution is 2.22. The average Bonchev–Trinajstić information content (AvgIpc) is 2.72. The molecule has 3 aromatic rings. The molecule has 1 aromatic heterocycles. The van der Waals surface area contributed by atoms with E-state index in [1.807, 2.05) is 25.1 Å². The molecule has 2 heterocycles. The second-order valence-corrected chi connectivity index (χ2v) is 7.88. The minimum absolute atomic E-state index is 0.319. The Morgan fingerprint density at radius 2 is 1.83 bits per heavy atom. The van der Waals surface area contributed by atoms with Crippen molar-refractivity contribution >= 4 is 16.7 Å². The Kier molecular flexibility index (Phi) is 5.86. The largest absolute Gasteiger partial charge is 0.493 e. The van der Waals surface area contributed by atoms with Crippen molar-refractivity contribution in [2.75, 3.05) is 44.2 Å². The number of ether oxygens (including phenoxy) is 1. The molecule has 2 aromatic carbocycles. The van der Waals surface area contributed by atoms with E-state index in [-0.39, 0.29) is 5.63 Å². The molecule has 1 aliphatic rings. The quantitative estimate of drug-likeness (QED) is 0.517. The summed E-state index contributed by atoms with van der Waals surface area (Å²) in [6, 6.07) is 15.9. The van der Waals surface area contributed by atoms with Crippen LogP contribution in [0.3, 0.4) is 0 Å². The van der Waals surface area contributed by atoms with Gasteiger partial charge in [0, 0.05) is 29.6 Å². The number of benzene rings is 2. The van der Waals surface area contributed by atoms with Gasteiger partial charge in [0.05, 0.1) is 39.3 Å². The molecule has 29 heavy (non-hydrogen) atoms. The fourth-order valence-electron chi connectivity index (χ4n) is 4.14. The number of hydrogen-bond donors (Lipinski definition) is 1. The topological polar surface area (TPSA) is 47.1 Å². The first-order chi connectivity index (χ1) is 14.1. The number of piperazine rings is 1. The summed E-state index contributed by atoms with van der Waals surface area (Å²) in [5.74, 6) is 0.755. The van der Waals surface area contributed by atoms with E-state index in [2.05, 4.69) is 36.1 Å². The van der Waals surface area contributed by atoms with Crippen molar-refractivity contribution in [1.29, 1.82) is 0 Å². The molecular formula is C24H29N2O3+. The third kappa shape index (κ3) is 4.62. The van der Waals surface area contributed by atoms with E-state index in [4.69, 9.17) is 9.15 Å². The van der Waals surface area contributed by atoms with Gasteiger partial charge in [0.2, 0.25) is 0 Å². The molecule has 152 valence electrons. The smallest absolute Gasteiger partial charge is 0.336 e. The SMILES string of the molecule is Cc1ccccc1N1CC[NH+](CCCOc2ccc3c(C)cc(=O)oc3c2)CC1. The summed E-state index contributed by atoms with van der Waals surface area (Å²) in [4.78, 5) is 15.7. The van der Waals surface area contributed by atoms with Crippen molar-refractivity contribution in [2.45, 2.75) is 20.3 Å². The van der Waals surface area contributed by atoms with Crippen LogP contribution in [0, 0.1) is 13.8 Å². The van der Waals surface area contributed by atoms with Crippen LogP contribution >= 0.6 is 0 Å². The number of quaternary nitrogens is 1. The Bertz CT molecular complexity index is 1040. The van der Waals surface area contributed by atoms with Gasteiger partial charge in [0.25, 0.3) is 0 Å². The van der Waals surface area contributed by atoms with Gasteiger partial charge in [-0.25, -0.2) is 4.79 Å². The van der Waals surface area contributed by atoms with Gasteiger partial charge in [-0.1, -0.05) is 18.2 Å². The molecule has 0 radical (unpaired) electrons. The molecule has 5 nitrogen and oxygen atoms in total. The number of hydrogen-bond acceptors (Lipinski definition) is 4. The number of nitrogens with one attached hydrogen (secondary N) is 1. The minimum Gasteiger partial charge on any atom is -0.493 e. The summed E-state index contributed by atoms with van der Waals surface area (Å²) < 4.78 is 11.2. The van der Waals surface area contributed by atoms with Crippen molar-refractivity contribution in [2.24, 2.45) is 0 Å². The summed E-state index contributed by atoms with van der Waals surface area (Å²) in [5, 5.41) is 0.952. The standard InChI is InChI=1S/C24H28N2O3/c1-18-6-3-4-7-22(18)26-13-11-25(12-14-26)10-5-15-28-20-8-9-21-19(2)16-24(27)29-23(21)17-20/h3-4,6-9,16-17H,5,10-15H2,1-2H3/p+1. The summed E-state index contributed by atoms with van der Waals surface area (Å²) in [5.41, 5.74) is 3.92. The molecule has 0 bridgehead atoms. The maximum Gasteiger partial charge on any atom is 0.336 e. The van der Waals surface area contributed by atoms with Crippen molar-refractivity contribution in [3.8, 4) is 5.75 Å². The average molecular weight is 394 g/mol. The molecule has 0 atom stereocenters. The first-order valence-electron chi connectivity index (χ1n) is 10.4. The van der Waals surface area contributed by atoms with Crippen LogP contribution in [0.2, 0.25) is 0 Å². The third-order valence-electron chi connectivity index (χ3n) is 5.79. The predicted octanol–water partition coefficient (Wildman–Crippen LogP) is 2.58. The zero-order valence-corrected chi connectivity index (χ0v) is 17.2. The van der Waals surface area contributed by atoms with Crippen LogP contribution in [0.25, 0.3) is 11.0 Å². The molecule has 1 N–H and O–H groups in total. The number of para-hydroxylation sites is 1. The van der Waals surface area contributed by atoms with Crippen molar-refractivity contribution in [1.82, 2.24) is 0 Å². The Labute approximate surface area is 171 Å². The molecule has 0 saturated carbocycles. The van der Waals surface area contributed by atoms with E-state index in [9.17, 15) is 4.79 Å². The van der Waals surface area contributed by atoms with Crippen molar-refractivity contribution in [3.05, 3.63) is 70.1 Å². The van der Waals surface area contributed by atoms with Crippen LogP contribution < -0.4 is 20.2 Å². The highest BCUT2D eigenvalue weighted by molar-refractivity contribution is 5.81. The van der Waals surface area contributed by atoms with Crippen LogP contribution in [-0.2, 0) is 0 Å². The Balaban J connectivity index is 1.24. The van der Waals surface area contributed by atoms with E-state index >= 15 is 0 Å². The Morgan fingerprint density at radius 3 is 2.62 bits per heavy atom. The monoisotopic (exact) mass is 393 g/mol. The predicted molar refractivity (Wildman–Crippen MR) is 116 cm³/mol. The van der Waals surface area contributed by atoms with Gasteiger partial charge in [0.1, 0.15) is 11.3 Å². The summed E-state index contributed by atoms with van der Waals surface area (Å²) in [7, 11) is 0. The first-order valence-corrected chi connectivity index (χ1v) is 10.4. The molecule has 0 amide bonds. The fourth-order valence-corrected chi connectivity index (χ4v) is 4.14. The van der Waals surface area contributed by atoms with Gasteiger partial charge in [-0.2, -0.15) is 0 Å². The zero-order chi connectivity index (χ0) is 20.2. The van der Waals surface area contributed by atoms with Crippen LogP contribution in [0.15, 0.2) is 57.7 Å². The third-order valence-corrected chi connectivity index (χ3v) is 5.79. The lowest BCUT2D eigenvalue weighted by atomic mass is 10.1. The molecule has 5 heteroatoms. The van der Waals surface area contributed by atoms with Crippen LogP contribution in [0.4, 0.5) is 5.69 Å². The maximum absolute atomic E-state index is 11.6. The van der Waals surface area contributed by atoms with E-state index in [1.165, 1.54) is 17.3 Å². The zero-order valence-electron chi connectivity index (χ0n) is 17.2. The first kappa shape index (κ1) is 19.5. The molecule has 1 fully saturated rings. The fraction of sp³-hybridized carbons (Fsp3) is 0.375. The molecule has 4 rings (SSSR count). The molecule has 0 aliphatic carbocycles. The van der Waals surface area contributed by atoms with Gasteiger partial charge in [-0.15, -0.1) is 0 Å². The van der Waals surface area contributed by atoms with Gasteiger partial charge in [-0.3, -0.25) is 0 Å². The second kappa shape index (κ2) is 8.70. The Morgan fingerprint density at radius 1 is 1.03 bits per heavy atom. The highest BCUT2D eigenvalue weighted by atomic mass is 16.5. The lowest BCUT2D eigenvalue weighted by molar-refractivity contribution is -0.900. The summed E-state index contributed by atoms with van der Waals surface area (Å²) in [6.07, 6.45) is 1.01. The van der Waals surface area contributed by atoms with Crippen LogP contribution in [-0.4, -0.2) is 39.3 Å². The number of aryl methyl sites for hydroxylation is 2. The second-order valence-electron chi connectivity index (χ2n) is 7.88. The maximum atomic E-state index is 11.6. The lowest BCUT2D eigenvalue weighted by Gasteiger charge is -2.34. The van der Waals surface area contributed by atoms with Crippen LogP contribution in [0.1, 0.15) is 17.5 Å². The van der Waals surface area contributed by atoms with Crippen LogP contribution in [0.5, 0.6) is 5.75 Å². The van der Waals surface area contributed by atoms with E-state index in [0.29, 0.717) is 12.2 Å². The van der Waals surface area contributed by atoms with E-state index in [0.717, 1.165) is 55.8 Å². The van der Waals surface area contributed by atoms with Gasteiger partial charge < -0.3 is 19.0 Å². The Hall–Kier alpha value is -2.79. The molecule has 1 aliphatic heterocycles. The van der Waals surface area contributed by atoms with Crippen molar-refractivity contribution < 1.29 is 14.1 Å². The lowest BCUT2D eigenvalue weighted by Crippen LogP contribution is -3.14. The highest BCUT2D eigenvalue weighted by Gasteiger charge is 2.20. The van der Waals surface area contributed by atoms with E-state index in [1.54, 1.807) is 4.90 Å². The summed E-state index contributed by atoms with van der Waals surface area (Å²) in [6.45, 7) is 10.4.